The Morgan fingerprint density at radius 2 is 1.25 bits per heavy atom. The van der Waals surface area contributed by atoms with Crippen molar-refractivity contribution >= 4 is 5.91 Å². The van der Waals surface area contributed by atoms with Gasteiger partial charge in [0.25, 0.3) is 0 Å². The highest BCUT2D eigenvalue weighted by atomic mass is 16.1. The van der Waals surface area contributed by atoms with E-state index >= 15 is 0 Å². The molecule has 24 heavy (non-hydrogen) atoms. The Morgan fingerprint density at radius 3 is 1.71 bits per heavy atom. The van der Waals surface area contributed by atoms with Crippen LogP contribution in [0.1, 0.15) is 102 Å². The van der Waals surface area contributed by atoms with Crippen molar-refractivity contribution < 1.29 is 4.79 Å². The number of amides is 1. The van der Waals surface area contributed by atoms with Gasteiger partial charge in [-0.15, -0.1) is 0 Å². The first-order valence-corrected chi connectivity index (χ1v) is 10.1. The molecule has 0 saturated carbocycles. The Bertz CT molecular complexity index is 415. The van der Waals surface area contributed by atoms with E-state index in [9.17, 15) is 4.79 Å². The highest BCUT2D eigenvalue weighted by molar-refractivity contribution is 5.81. The van der Waals surface area contributed by atoms with E-state index < -0.39 is 0 Å². The fraction of sp³-hybridized carbons (Fsp3) is 0.682. The van der Waals surface area contributed by atoms with Gasteiger partial charge in [-0.25, -0.2) is 0 Å². The van der Waals surface area contributed by atoms with Crippen molar-refractivity contribution in [2.75, 3.05) is 0 Å². The number of rotatable bonds is 15. The lowest BCUT2D eigenvalue weighted by Gasteiger charge is -2.13. The molecule has 1 aromatic carbocycles. The van der Waals surface area contributed by atoms with Crippen LogP contribution in [0.3, 0.4) is 0 Å². The van der Waals surface area contributed by atoms with Crippen LogP contribution >= 0.6 is 0 Å². The first-order valence-electron chi connectivity index (χ1n) is 10.1. The highest BCUT2D eigenvalue weighted by Crippen LogP contribution is 2.22. The van der Waals surface area contributed by atoms with Crippen LogP contribution in [0.15, 0.2) is 30.3 Å². The van der Waals surface area contributed by atoms with Gasteiger partial charge in [-0.1, -0.05) is 114 Å². The van der Waals surface area contributed by atoms with Gasteiger partial charge in [-0.05, 0) is 12.0 Å². The van der Waals surface area contributed by atoms with E-state index in [-0.39, 0.29) is 11.8 Å². The third-order valence-electron chi connectivity index (χ3n) is 4.89. The lowest BCUT2D eigenvalue weighted by molar-refractivity contribution is -0.119. The molecule has 2 N–H and O–H groups in total. The molecule has 0 aliphatic rings. The molecular weight excluding hydrogens is 294 g/mol. The topological polar surface area (TPSA) is 43.1 Å². The highest BCUT2D eigenvalue weighted by Gasteiger charge is 2.16. The van der Waals surface area contributed by atoms with E-state index in [1.165, 1.54) is 70.6 Å². The van der Waals surface area contributed by atoms with Crippen LogP contribution in [0.4, 0.5) is 0 Å². The summed E-state index contributed by atoms with van der Waals surface area (Å²) in [6.45, 7) is 2.27. The Hall–Kier alpha value is -1.31. The minimum Gasteiger partial charge on any atom is -0.369 e. The van der Waals surface area contributed by atoms with E-state index in [1.807, 2.05) is 30.3 Å². The van der Waals surface area contributed by atoms with E-state index in [1.54, 1.807) is 0 Å². The summed E-state index contributed by atoms with van der Waals surface area (Å²) in [6.07, 6.45) is 17.0. The second-order valence-corrected chi connectivity index (χ2v) is 7.04. The zero-order valence-electron chi connectivity index (χ0n) is 15.6. The maximum absolute atomic E-state index is 11.7. The van der Waals surface area contributed by atoms with Crippen LogP contribution in [-0.2, 0) is 4.79 Å². The van der Waals surface area contributed by atoms with Crippen molar-refractivity contribution in [3.05, 3.63) is 35.9 Å². The van der Waals surface area contributed by atoms with Crippen LogP contribution in [0.25, 0.3) is 0 Å². The third kappa shape index (κ3) is 9.75. The number of hydrogen-bond donors (Lipinski definition) is 1. The summed E-state index contributed by atoms with van der Waals surface area (Å²) < 4.78 is 0. The normalized spacial score (nSPS) is 12.2. The molecule has 0 aliphatic carbocycles. The fourth-order valence-corrected chi connectivity index (χ4v) is 3.35. The molecule has 1 atom stereocenters. The molecule has 0 radical (unpaired) electrons. The van der Waals surface area contributed by atoms with Crippen LogP contribution < -0.4 is 5.73 Å². The van der Waals surface area contributed by atoms with Gasteiger partial charge < -0.3 is 5.73 Å². The minimum absolute atomic E-state index is 0.116. The van der Waals surface area contributed by atoms with Crippen molar-refractivity contribution in [1.29, 1.82) is 0 Å². The first kappa shape index (κ1) is 20.7. The number of nitrogens with two attached hydrogens (primary N) is 1. The Kier molecular flexibility index (Phi) is 12.2. The predicted octanol–water partition coefficient (Wildman–Crippen LogP) is 6.35. The molecule has 1 amide bonds. The SMILES string of the molecule is CCCCCCCCCCCCCCC(C(N)=O)c1ccccc1. The number of benzene rings is 1. The van der Waals surface area contributed by atoms with E-state index in [0.717, 1.165) is 18.4 Å². The Morgan fingerprint density at radius 1 is 0.792 bits per heavy atom. The van der Waals surface area contributed by atoms with Gasteiger partial charge in [0, 0.05) is 0 Å². The molecule has 2 nitrogen and oxygen atoms in total. The van der Waals surface area contributed by atoms with Crippen LogP contribution in [0.2, 0.25) is 0 Å². The Labute approximate surface area is 149 Å². The van der Waals surface area contributed by atoms with Gasteiger partial charge in [-0.3, -0.25) is 4.79 Å². The molecule has 0 heterocycles. The Balaban J connectivity index is 2.00. The van der Waals surface area contributed by atoms with Gasteiger partial charge in [0.2, 0.25) is 5.91 Å². The molecule has 0 bridgehead atoms. The van der Waals surface area contributed by atoms with Crippen LogP contribution in [0.5, 0.6) is 0 Å². The third-order valence-corrected chi connectivity index (χ3v) is 4.89. The van der Waals surface area contributed by atoms with Crippen molar-refractivity contribution in [2.45, 2.75) is 96.3 Å². The maximum Gasteiger partial charge on any atom is 0.224 e. The average molecular weight is 332 g/mol. The zero-order chi connectivity index (χ0) is 17.5. The van der Waals surface area contributed by atoms with Crippen molar-refractivity contribution in [3.63, 3.8) is 0 Å². The molecule has 2 heteroatoms. The number of primary amides is 1. The molecule has 1 rings (SSSR count). The summed E-state index contributed by atoms with van der Waals surface area (Å²) in [5.41, 5.74) is 6.63. The molecule has 1 aromatic rings. The van der Waals surface area contributed by atoms with Gasteiger partial charge in [0.15, 0.2) is 0 Å². The second-order valence-electron chi connectivity index (χ2n) is 7.04. The zero-order valence-corrected chi connectivity index (χ0v) is 15.6. The standard InChI is InChI=1S/C22H37NO/c1-2-3-4-5-6-7-8-9-10-11-12-16-19-21(22(23)24)20-17-14-13-15-18-20/h13-15,17-18,21H,2-12,16,19H2,1H3,(H2,23,24). The van der Waals surface area contributed by atoms with E-state index in [0.29, 0.717) is 0 Å². The lowest BCUT2D eigenvalue weighted by atomic mass is 9.92. The number of carbonyl (C=O) groups excluding carboxylic acids is 1. The maximum atomic E-state index is 11.7. The second kappa shape index (κ2) is 14.1. The summed E-state index contributed by atoms with van der Waals surface area (Å²) in [6, 6.07) is 9.96. The van der Waals surface area contributed by atoms with Crippen molar-refractivity contribution in [3.8, 4) is 0 Å². The molecule has 0 aromatic heterocycles. The smallest absolute Gasteiger partial charge is 0.224 e. The molecule has 1 unspecified atom stereocenters. The lowest BCUT2D eigenvalue weighted by Crippen LogP contribution is -2.21. The molecule has 0 fully saturated rings. The van der Waals surface area contributed by atoms with Crippen LogP contribution in [0, 0.1) is 0 Å². The number of carbonyl (C=O) groups is 1. The van der Waals surface area contributed by atoms with Crippen molar-refractivity contribution in [1.82, 2.24) is 0 Å². The number of hydrogen-bond acceptors (Lipinski definition) is 1. The molecular formula is C22H37NO. The molecule has 0 saturated heterocycles. The minimum atomic E-state index is -0.190. The van der Waals surface area contributed by atoms with Gasteiger partial charge in [0.1, 0.15) is 0 Å². The monoisotopic (exact) mass is 331 g/mol. The molecule has 136 valence electrons. The summed E-state index contributed by atoms with van der Waals surface area (Å²) in [7, 11) is 0. The first-order chi connectivity index (χ1) is 11.8. The quantitative estimate of drug-likeness (QED) is 0.374. The van der Waals surface area contributed by atoms with Gasteiger partial charge >= 0.3 is 0 Å². The van der Waals surface area contributed by atoms with Crippen molar-refractivity contribution in [2.24, 2.45) is 5.73 Å². The van der Waals surface area contributed by atoms with E-state index in [2.05, 4.69) is 6.92 Å². The summed E-state index contributed by atoms with van der Waals surface area (Å²) in [5, 5.41) is 0. The summed E-state index contributed by atoms with van der Waals surface area (Å²) >= 11 is 0. The molecule has 0 spiro atoms. The van der Waals surface area contributed by atoms with E-state index in [4.69, 9.17) is 5.73 Å². The molecule has 0 aliphatic heterocycles. The fourth-order valence-electron chi connectivity index (χ4n) is 3.35. The van der Waals surface area contributed by atoms with Crippen LogP contribution in [-0.4, -0.2) is 5.91 Å². The van der Waals surface area contributed by atoms with Gasteiger partial charge in [-0.2, -0.15) is 0 Å². The predicted molar refractivity (Wildman–Crippen MR) is 104 cm³/mol. The number of unbranched alkanes of at least 4 members (excludes halogenated alkanes) is 11. The van der Waals surface area contributed by atoms with Gasteiger partial charge in [0.05, 0.1) is 5.92 Å². The largest absolute Gasteiger partial charge is 0.369 e. The average Bonchev–Trinajstić information content (AvgIpc) is 2.59. The summed E-state index contributed by atoms with van der Waals surface area (Å²) in [5.74, 6) is -0.307. The summed E-state index contributed by atoms with van der Waals surface area (Å²) in [4.78, 5) is 11.7.